The largest absolute Gasteiger partial charge is 0.496 e. The van der Waals surface area contributed by atoms with Crippen molar-refractivity contribution >= 4 is 17.5 Å². The molecule has 2 aromatic rings. The van der Waals surface area contributed by atoms with Gasteiger partial charge in [-0.05, 0) is 30.7 Å². The second-order valence-corrected chi connectivity index (χ2v) is 7.91. The van der Waals surface area contributed by atoms with Crippen molar-refractivity contribution < 1.29 is 24.2 Å². The fraction of sp³-hybridized carbons (Fsp3) is 0.375. The number of ether oxygens (including phenoxy) is 1. The molecule has 2 aromatic carbocycles. The lowest BCUT2D eigenvalue weighted by molar-refractivity contribution is -0.148. The number of Topliss-reactive ketones (excluding diaryl/α,β-unsaturated/α-hetero) is 2. The summed E-state index contributed by atoms with van der Waals surface area (Å²) in [5, 5.41) is 8.90. The summed E-state index contributed by atoms with van der Waals surface area (Å²) in [5.41, 5.74) is 3.14. The molecule has 1 aliphatic rings. The SMILES string of the molecule is COc1c(CN2CCN(C)CC2)cc(Cc2ccccc2)cc1C(=O)CC(=O)C(=O)O. The van der Waals surface area contributed by atoms with Gasteiger partial charge in [0.05, 0.1) is 19.1 Å². The van der Waals surface area contributed by atoms with Crippen LogP contribution >= 0.6 is 0 Å². The first-order valence-corrected chi connectivity index (χ1v) is 10.3. The number of ketones is 2. The van der Waals surface area contributed by atoms with Gasteiger partial charge in [0.25, 0.3) is 0 Å². The molecule has 0 atom stereocenters. The zero-order chi connectivity index (χ0) is 22.4. The molecular weight excluding hydrogens is 396 g/mol. The summed E-state index contributed by atoms with van der Waals surface area (Å²) in [6.07, 6.45) is -0.0673. The number of benzene rings is 2. The number of hydrogen-bond acceptors (Lipinski definition) is 6. The Morgan fingerprint density at radius 1 is 1.00 bits per heavy atom. The Kier molecular flexibility index (Phi) is 7.55. The zero-order valence-electron chi connectivity index (χ0n) is 18.0. The van der Waals surface area contributed by atoms with E-state index in [4.69, 9.17) is 9.84 Å². The van der Waals surface area contributed by atoms with Crippen LogP contribution in [0.5, 0.6) is 5.75 Å². The summed E-state index contributed by atoms with van der Waals surface area (Å²) >= 11 is 0. The fourth-order valence-electron chi connectivity index (χ4n) is 3.82. The van der Waals surface area contributed by atoms with Gasteiger partial charge in [0.15, 0.2) is 5.78 Å². The first-order chi connectivity index (χ1) is 14.9. The monoisotopic (exact) mass is 424 g/mol. The second-order valence-electron chi connectivity index (χ2n) is 7.91. The molecule has 1 aliphatic heterocycles. The number of carbonyl (C=O) groups excluding carboxylic acids is 2. The van der Waals surface area contributed by atoms with Crippen LogP contribution < -0.4 is 4.74 Å². The number of piperazine rings is 1. The molecule has 0 spiro atoms. The Bertz CT molecular complexity index is 950. The van der Waals surface area contributed by atoms with Gasteiger partial charge in [-0.25, -0.2) is 4.79 Å². The molecule has 0 saturated carbocycles. The summed E-state index contributed by atoms with van der Waals surface area (Å²) < 4.78 is 5.59. The Hall–Kier alpha value is -3.03. The van der Waals surface area contributed by atoms with Crippen molar-refractivity contribution in [3.05, 3.63) is 64.7 Å². The van der Waals surface area contributed by atoms with Crippen molar-refractivity contribution in [2.75, 3.05) is 40.3 Å². The second kappa shape index (κ2) is 10.3. The molecule has 164 valence electrons. The number of carboxylic acid groups (broad SMARTS) is 1. The summed E-state index contributed by atoms with van der Waals surface area (Å²) in [6, 6.07) is 13.7. The van der Waals surface area contributed by atoms with Gasteiger partial charge >= 0.3 is 5.97 Å². The number of hydrogen-bond donors (Lipinski definition) is 1. The molecule has 1 heterocycles. The van der Waals surface area contributed by atoms with Gasteiger partial charge in [-0.1, -0.05) is 36.4 Å². The Labute approximate surface area is 182 Å². The van der Waals surface area contributed by atoms with E-state index in [2.05, 4.69) is 16.8 Å². The fourth-order valence-corrected chi connectivity index (χ4v) is 3.82. The lowest BCUT2D eigenvalue weighted by Gasteiger charge is -2.33. The van der Waals surface area contributed by atoms with Crippen molar-refractivity contribution in [1.29, 1.82) is 0 Å². The van der Waals surface area contributed by atoms with Crippen molar-refractivity contribution in [3.63, 3.8) is 0 Å². The number of carbonyl (C=O) groups is 3. The van der Waals surface area contributed by atoms with Gasteiger partial charge in [0, 0.05) is 38.3 Å². The van der Waals surface area contributed by atoms with E-state index in [1.54, 1.807) is 6.07 Å². The van der Waals surface area contributed by atoms with Gasteiger partial charge in [0.1, 0.15) is 5.75 Å². The minimum atomic E-state index is -1.61. The normalized spacial score (nSPS) is 14.9. The quantitative estimate of drug-likeness (QED) is 0.375. The molecular formula is C24H28N2O5. The van der Waals surface area contributed by atoms with E-state index < -0.39 is 24.0 Å². The first-order valence-electron chi connectivity index (χ1n) is 10.3. The predicted octanol–water partition coefficient (Wildman–Crippen LogP) is 2.26. The smallest absolute Gasteiger partial charge is 0.372 e. The molecule has 0 bridgehead atoms. The number of carboxylic acids is 1. The van der Waals surface area contributed by atoms with E-state index in [0.717, 1.165) is 42.9 Å². The van der Waals surface area contributed by atoms with Gasteiger partial charge in [-0.15, -0.1) is 0 Å². The van der Waals surface area contributed by atoms with Gasteiger partial charge in [-0.3, -0.25) is 14.5 Å². The van der Waals surface area contributed by atoms with Crippen LogP contribution in [0.2, 0.25) is 0 Å². The van der Waals surface area contributed by atoms with E-state index in [1.165, 1.54) is 7.11 Å². The summed E-state index contributed by atoms with van der Waals surface area (Å²) in [6.45, 7) is 4.36. The molecule has 31 heavy (non-hydrogen) atoms. The predicted molar refractivity (Wildman–Crippen MR) is 117 cm³/mol. The summed E-state index contributed by atoms with van der Waals surface area (Å²) in [5.74, 6) is -2.86. The molecule has 1 fully saturated rings. The highest BCUT2D eigenvalue weighted by Crippen LogP contribution is 2.30. The molecule has 0 amide bonds. The highest BCUT2D eigenvalue weighted by Gasteiger charge is 2.24. The Morgan fingerprint density at radius 3 is 2.29 bits per heavy atom. The van der Waals surface area contributed by atoms with Gasteiger partial charge in [0.2, 0.25) is 5.78 Å². The molecule has 7 heteroatoms. The van der Waals surface area contributed by atoms with Crippen molar-refractivity contribution in [1.82, 2.24) is 9.80 Å². The standard InChI is InChI=1S/C24H28N2O5/c1-25-8-10-26(11-9-25)16-19-13-18(12-17-6-4-3-5-7-17)14-20(23(19)31-2)21(27)15-22(28)24(29)30/h3-7,13-14H,8-12,15-16H2,1-2H3,(H,29,30). The lowest BCUT2D eigenvalue weighted by Crippen LogP contribution is -2.43. The number of aliphatic carboxylic acids is 1. The maximum Gasteiger partial charge on any atom is 0.372 e. The molecule has 1 N–H and O–H groups in total. The average Bonchev–Trinajstić information content (AvgIpc) is 2.75. The number of likely N-dealkylation sites (N-methyl/N-ethyl adjacent to an activating group) is 1. The van der Waals surface area contributed by atoms with Crippen LogP contribution in [0, 0.1) is 0 Å². The third-order valence-electron chi connectivity index (χ3n) is 5.53. The van der Waals surface area contributed by atoms with Crippen LogP contribution in [-0.4, -0.2) is 72.8 Å². The highest BCUT2D eigenvalue weighted by atomic mass is 16.5. The van der Waals surface area contributed by atoms with E-state index in [-0.39, 0.29) is 5.56 Å². The van der Waals surface area contributed by atoms with Crippen LogP contribution in [0.15, 0.2) is 42.5 Å². The first kappa shape index (κ1) is 22.7. The van der Waals surface area contributed by atoms with Crippen LogP contribution in [0.4, 0.5) is 0 Å². The molecule has 1 saturated heterocycles. The zero-order valence-corrected chi connectivity index (χ0v) is 18.0. The van der Waals surface area contributed by atoms with E-state index >= 15 is 0 Å². The third kappa shape index (κ3) is 5.99. The molecule has 0 aromatic heterocycles. The Morgan fingerprint density at radius 2 is 1.68 bits per heavy atom. The number of rotatable bonds is 9. The van der Waals surface area contributed by atoms with Crippen LogP contribution in [0.1, 0.15) is 33.5 Å². The van der Waals surface area contributed by atoms with Gasteiger partial charge in [-0.2, -0.15) is 0 Å². The molecule has 0 aliphatic carbocycles. The summed E-state index contributed by atoms with van der Waals surface area (Å²) in [7, 11) is 3.59. The van der Waals surface area contributed by atoms with E-state index in [1.807, 2.05) is 36.4 Å². The van der Waals surface area contributed by atoms with Crippen LogP contribution in [0.25, 0.3) is 0 Å². The average molecular weight is 424 g/mol. The maximum atomic E-state index is 12.8. The van der Waals surface area contributed by atoms with Crippen molar-refractivity contribution in [3.8, 4) is 5.75 Å². The van der Waals surface area contributed by atoms with Gasteiger partial charge < -0.3 is 14.7 Å². The highest BCUT2D eigenvalue weighted by molar-refractivity contribution is 6.37. The molecule has 3 rings (SSSR count). The van der Waals surface area contributed by atoms with Crippen LogP contribution in [-0.2, 0) is 22.6 Å². The third-order valence-corrected chi connectivity index (χ3v) is 5.53. The maximum absolute atomic E-state index is 12.8. The topological polar surface area (TPSA) is 87.2 Å². The minimum absolute atomic E-state index is 0.259. The Balaban J connectivity index is 1.96. The lowest BCUT2D eigenvalue weighted by atomic mass is 9.95. The number of nitrogens with zero attached hydrogens (tertiary/aromatic N) is 2. The summed E-state index contributed by atoms with van der Waals surface area (Å²) in [4.78, 5) is 40.0. The van der Waals surface area contributed by atoms with Crippen LogP contribution in [0.3, 0.4) is 0 Å². The molecule has 7 nitrogen and oxygen atoms in total. The van der Waals surface area contributed by atoms with E-state index in [0.29, 0.717) is 18.7 Å². The van der Waals surface area contributed by atoms with Crippen molar-refractivity contribution in [2.45, 2.75) is 19.4 Å². The number of methoxy groups -OCH3 is 1. The minimum Gasteiger partial charge on any atom is -0.496 e. The van der Waals surface area contributed by atoms with E-state index in [9.17, 15) is 14.4 Å². The molecule has 0 radical (unpaired) electrons. The van der Waals surface area contributed by atoms with Crippen molar-refractivity contribution in [2.24, 2.45) is 0 Å². The molecule has 0 unspecified atom stereocenters.